The summed E-state index contributed by atoms with van der Waals surface area (Å²) < 4.78 is 35.6. The first-order valence-corrected chi connectivity index (χ1v) is 11.3. The van der Waals surface area contributed by atoms with Crippen LogP contribution in [0.1, 0.15) is 28.8 Å². The fourth-order valence-electron chi connectivity index (χ4n) is 4.69. The van der Waals surface area contributed by atoms with E-state index in [0.29, 0.717) is 26.3 Å². The van der Waals surface area contributed by atoms with E-state index in [0.717, 1.165) is 31.6 Å². The van der Waals surface area contributed by atoms with Crippen LogP contribution < -0.4 is 20.9 Å². The molecule has 0 aliphatic carbocycles. The summed E-state index contributed by atoms with van der Waals surface area (Å²) in [5, 5.41) is 8.79. The molecule has 1 atom stereocenters. The number of nitrogens with one attached hydrogen (secondary N) is 3. The predicted octanol–water partition coefficient (Wildman–Crippen LogP) is 2.69. The lowest BCUT2D eigenvalue weighted by atomic mass is 10.1. The third-order valence-corrected chi connectivity index (χ3v) is 6.44. The van der Waals surface area contributed by atoms with Crippen molar-refractivity contribution < 1.29 is 18.3 Å². The zero-order chi connectivity index (χ0) is 22.9. The number of carbonyl (C=O) groups excluding carboxylic acids is 1. The van der Waals surface area contributed by atoms with E-state index in [4.69, 9.17) is 4.74 Å². The summed E-state index contributed by atoms with van der Waals surface area (Å²) in [6.07, 6.45) is 1.91. The maximum Gasteiger partial charge on any atom is 0.255 e. The van der Waals surface area contributed by atoms with Gasteiger partial charge in [0, 0.05) is 43.5 Å². The highest BCUT2D eigenvalue weighted by Crippen LogP contribution is 2.33. The summed E-state index contributed by atoms with van der Waals surface area (Å²) in [4.78, 5) is 21.1. The van der Waals surface area contributed by atoms with Gasteiger partial charge in [0.05, 0.1) is 24.5 Å². The molecule has 0 radical (unpaired) electrons. The van der Waals surface area contributed by atoms with Crippen LogP contribution in [0.15, 0.2) is 18.2 Å². The molecule has 2 aromatic rings. The second kappa shape index (κ2) is 9.11. The third kappa shape index (κ3) is 4.45. The van der Waals surface area contributed by atoms with E-state index in [2.05, 4.69) is 30.7 Å². The minimum Gasteiger partial charge on any atom is -0.378 e. The summed E-state index contributed by atoms with van der Waals surface area (Å²) >= 11 is 0. The van der Waals surface area contributed by atoms with Crippen LogP contribution in [0.5, 0.6) is 0 Å². The molecule has 4 heterocycles. The van der Waals surface area contributed by atoms with Crippen LogP contribution in [0.2, 0.25) is 0 Å². The van der Waals surface area contributed by atoms with E-state index < -0.39 is 17.5 Å². The molecule has 1 amide bonds. The van der Waals surface area contributed by atoms with Crippen LogP contribution in [0.4, 0.5) is 31.8 Å². The molecule has 3 aliphatic rings. The van der Waals surface area contributed by atoms with Crippen LogP contribution >= 0.6 is 0 Å². The number of piperidine rings is 1. The molecule has 0 saturated carbocycles. The highest BCUT2D eigenvalue weighted by atomic mass is 19.1. The zero-order valence-electron chi connectivity index (χ0n) is 18.6. The number of morpholine rings is 1. The van der Waals surface area contributed by atoms with E-state index in [1.807, 2.05) is 13.1 Å². The Morgan fingerprint density at radius 2 is 2.00 bits per heavy atom. The normalized spacial score (nSPS) is 21.0. The number of hydrogen-bond donors (Lipinski definition) is 3. The number of hydrogen-bond acceptors (Lipinski definition) is 7. The van der Waals surface area contributed by atoms with Gasteiger partial charge in [0.2, 0.25) is 0 Å². The summed E-state index contributed by atoms with van der Waals surface area (Å²) in [5.74, 6) is -1.20. The molecule has 1 aromatic carbocycles. The van der Waals surface area contributed by atoms with Gasteiger partial charge in [0.1, 0.15) is 11.6 Å². The number of amides is 1. The van der Waals surface area contributed by atoms with E-state index in [1.165, 1.54) is 6.07 Å². The summed E-state index contributed by atoms with van der Waals surface area (Å²) in [6, 6.07) is 4.94. The van der Waals surface area contributed by atoms with Crippen molar-refractivity contribution in [3.05, 3.63) is 41.0 Å². The second-order valence-corrected chi connectivity index (χ2v) is 8.79. The van der Waals surface area contributed by atoms with Gasteiger partial charge in [-0.1, -0.05) is 0 Å². The fraction of sp³-hybridized carbons (Fsp3) is 0.478. The average Bonchev–Trinajstić information content (AvgIpc) is 3.21. The van der Waals surface area contributed by atoms with Gasteiger partial charge >= 0.3 is 0 Å². The minimum absolute atomic E-state index is 0.0475. The van der Waals surface area contributed by atoms with E-state index in [9.17, 15) is 9.18 Å². The Morgan fingerprint density at radius 3 is 2.76 bits per heavy atom. The first-order chi connectivity index (χ1) is 16.0. The molecule has 8 nitrogen and oxygen atoms in total. The van der Waals surface area contributed by atoms with Crippen molar-refractivity contribution in [3.8, 4) is 0 Å². The van der Waals surface area contributed by atoms with Crippen LogP contribution in [-0.2, 0) is 11.3 Å². The Morgan fingerprint density at radius 1 is 1.18 bits per heavy atom. The van der Waals surface area contributed by atoms with Gasteiger partial charge in [-0.2, -0.15) is 0 Å². The predicted molar refractivity (Wildman–Crippen MR) is 122 cm³/mol. The molecule has 10 heteroatoms. The smallest absolute Gasteiger partial charge is 0.255 e. The first-order valence-electron chi connectivity index (χ1n) is 11.3. The van der Waals surface area contributed by atoms with Crippen molar-refractivity contribution in [2.24, 2.45) is 0 Å². The standard InChI is InChI=1S/C23H28F2N6O2/c1-30-6-2-3-14(13-30)27-22-20(25)16-12-26-23(32)19(16)21(29-22)28-18-5-4-15(11-17(18)24)31-7-9-33-10-8-31/h4-5,11,14H,2-3,6-10,12-13H2,1H3,(H,26,32)(H2,27,28,29). The number of likely N-dealkylation sites (tertiary alicyclic amines) is 1. The SMILES string of the molecule is CN1CCCC(Nc2nc(Nc3ccc(N4CCOCC4)cc3F)c3c(c2F)CNC3=O)C1. The quantitative estimate of drug-likeness (QED) is 0.636. The molecule has 2 fully saturated rings. The maximum atomic E-state index is 15.2. The zero-order valence-corrected chi connectivity index (χ0v) is 18.6. The Hall–Kier alpha value is -2.98. The number of pyridine rings is 1. The Bertz CT molecular complexity index is 1060. The van der Waals surface area contributed by atoms with Gasteiger partial charge in [-0.3, -0.25) is 4.79 Å². The van der Waals surface area contributed by atoms with Crippen LogP contribution in [0.3, 0.4) is 0 Å². The number of benzene rings is 1. The molecular weight excluding hydrogens is 430 g/mol. The number of aromatic nitrogens is 1. The third-order valence-electron chi connectivity index (χ3n) is 6.44. The maximum absolute atomic E-state index is 15.2. The van der Waals surface area contributed by atoms with Gasteiger partial charge in [0.15, 0.2) is 11.6 Å². The Labute approximate surface area is 191 Å². The van der Waals surface area contributed by atoms with Gasteiger partial charge in [-0.05, 0) is 44.6 Å². The number of ether oxygens (including phenoxy) is 1. The van der Waals surface area contributed by atoms with Gasteiger partial charge in [-0.25, -0.2) is 13.8 Å². The minimum atomic E-state index is -0.537. The molecule has 33 heavy (non-hydrogen) atoms. The molecular formula is C23H28F2N6O2. The number of halogens is 2. The molecule has 0 spiro atoms. The van der Waals surface area contributed by atoms with Crippen molar-refractivity contribution >= 4 is 28.9 Å². The number of anilines is 4. The first kappa shape index (κ1) is 21.8. The van der Waals surface area contributed by atoms with Gasteiger partial charge in [0.25, 0.3) is 5.91 Å². The Kier molecular flexibility index (Phi) is 6.03. The highest BCUT2D eigenvalue weighted by molar-refractivity contribution is 6.03. The van der Waals surface area contributed by atoms with Crippen molar-refractivity contribution in [2.45, 2.75) is 25.4 Å². The molecule has 3 aliphatic heterocycles. The van der Waals surface area contributed by atoms with Crippen molar-refractivity contribution in [3.63, 3.8) is 0 Å². The van der Waals surface area contributed by atoms with Crippen molar-refractivity contribution in [2.75, 3.05) is 62.0 Å². The monoisotopic (exact) mass is 458 g/mol. The number of nitrogens with zero attached hydrogens (tertiary/aromatic N) is 3. The number of rotatable bonds is 5. The lowest BCUT2D eigenvalue weighted by Crippen LogP contribution is -2.40. The number of carbonyl (C=O) groups is 1. The lowest BCUT2D eigenvalue weighted by molar-refractivity contribution is 0.0966. The molecule has 3 N–H and O–H groups in total. The van der Waals surface area contributed by atoms with E-state index in [1.54, 1.807) is 6.07 Å². The van der Waals surface area contributed by atoms with Crippen LogP contribution in [-0.4, -0.2) is 68.3 Å². The average molecular weight is 459 g/mol. The van der Waals surface area contributed by atoms with Gasteiger partial charge < -0.3 is 30.5 Å². The molecule has 2 saturated heterocycles. The van der Waals surface area contributed by atoms with Crippen molar-refractivity contribution in [1.29, 1.82) is 0 Å². The Balaban J connectivity index is 1.43. The van der Waals surface area contributed by atoms with E-state index >= 15 is 4.39 Å². The van der Waals surface area contributed by atoms with Crippen LogP contribution in [0.25, 0.3) is 0 Å². The molecule has 176 valence electrons. The molecule has 5 rings (SSSR count). The molecule has 1 unspecified atom stereocenters. The number of likely N-dealkylation sites (N-methyl/N-ethyl adjacent to an activating group) is 1. The second-order valence-electron chi connectivity index (χ2n) is 8.79. The topological polar surface area (TPSA) is 81.8 Å². The summed E-state index contributed by atoms with van der Waals surface area (Å²) in [5.41, 5.74) is 1.31. The highest BCUT2D eigenvalue weighted by Gasteiger charge is 2.31. The van der Waals surface area contributed by atoms with Crippen LogP contribution in [0, 0.1) is 11.6 Å². The fourth-order valence-corrected chi connectivity index (χ4v) is 4.69. The van der Waals surface area contributed by atoms with E-state index in [-0.39, 0.29) is 41.0 Å². The largest absolute Gasteiger partial charge is 0.378 e. The summed E-state index contributed by atoms with van der Waals surface area (Å²) in [7, 11) is 2.03. The van der Waals surface area contributed by atoms with Crippen molar-refractivity contribution in [1.82, 2.24) is 15.2 Å². The molecule has 0 bridgehead atoms. The van der Waals surface area contributed by atoms with Gasteiger partial charge in [-0.15, -0.1) is 0 Å². The number of fused-ring (bicyclic) bond motifs is 1. The molecule has 1 aromatic heterocycles. The lowest BCUT2D eigenvalue weighted by Gasteiger charge is -2.31. The summed E-state index contributed by atoms with van der Waals surface area (Å²) in [6.45, 7) is 4.47.